The van der Waals surface area contributed by atoms with Gasteiger partial charge in [-0.15, -0.1) is 0 Å². The van der Waals surface area contributed by atoms with Gasteiger partial charge in [0.25, 0.3) is 17.5 Å². The highest BCUT2D eigenvalue weighted by Crippen LogP contribution is 2.29. The Morgan fingerprint density at radius 1 is 1.23 bits per heavy atom. The van der Waals surface area contributed by atoms with E-state index in [9.17, 15) is 24.5 Å². The molecule has 31 heavy (non-hydrogen) atoms. The number of para-hydroxylation sites is 1. The maximum Gasteiger partial charge on any atom is 0.347 e. The third-order valence-electron chi connectivity index (χ3n) is 4.33. The zero-order valence-corrected chi connectivity index (χ0v) is 16.7. The van der Waals surface area contributed by atoms with Crippen LogP contribution in [-0.4, -0.2) is 35.4 Å². The van der Waals surface area contributed by atoms with Crippen LogP contribution in [-0.2, 0) is 19.1 Å². The van der Waals surface area contributed by atoms with Crippen LogP contribution in [0.25, 0.3) is 6.08 Å². The number of carbonyl (C=O) groups excluding carboxylic acids is 3. The zero-order valence-electron chi connectivity index (χ0n) is 16.7. The molecule has 1 N–H and O–H groups in total. The zero-order chi connectivity index (χ0) is 22.5. The average molecular weight is 425 g/mol. The first-order valence-electron chi connectivity index (χ1n) is 9.35. The Hall–Kier alpha value is -4.21. The van der Waals surface area contributed by atoms with E-state index in [1.807, 2.05) is 0 Å². The summed E-state index contributed by atoms with van der Waals surface area (Å²) in [5, 5.41) is 12.3. The van der Waals surface area contributed by atoms with E-state index >= 15 is 0 Å². The molecule has 1 fully saturated rings. The fourth-order valence-corrected chi connectivity index (χ4v) is 2.84. The van der Waals surface area contributed by atoms with E-state index in [1.165, 1.54) is 25.1 Å². The van der Waals surface area contributed by atoms with Gasteiger partial charge >= 0.3 is 5.97 Å². The Balaban J connectivity index is 1.98. The number of hydrogen-bond acceptors (Lipinski definition) is 7. The smallest absolute Gasteiger partial charge is 0.347 e. The summed E-state index contributed by atoms with van der Waals surface area (Å²) in [5.74, 6) is -1.85. The molecule has 1 atom stereocenters. The molecule has 2 amide bonds. The number of amides is 2. The minimum Gasteiger partial charge on any atom is -0.478 e. The van der Waals surface area contributed by atoms with Crippen LogP contribution in [0.4, 0.5) is 11.4 Å². The van der Waals surface area contributed by atoms with Gasteiger partial charge < -0.3 is 9.47 Å². The maximum absolute atomic E-state index is 12.8. The summed E-state index contributed by atoms with van der Waals surface area (Å²) >= 11 is 0. The van der Waals surface area contributed by atoms with Crippen molar-refractivity contribution >= 4 is 35.2 Å². The monoisotopic (exact) mass is 425 g/mol. The van der Waals surface area contributed by atoms with E-state index in [0.717, 1.165) is 11.1 Å². The highest BCUT2D eigenvalue weighted by molar-refractivity contribution is 6.31. The molecule has 2 aromatic carbocycles. The van der Waals surface area contributed by atoms with Crippen LogP contribution in [0, 0.1) is 10.1 Å². The highest BCUT2D eigenvalue weighted by Gasteiger charge is 2.35. The fraction of sp³-hybridized carbons (Fsp3) is 0.190. The van der Waals surface area contributed by atoms with Crippen LogP contribution in [0.15, 0.2) is 54.1 Å². The second-order valence-electron chi connectivity index (χ2n) is 6.47. The molecule has 10 heteroatoms. The third kappa shape index (κ3) is 4.69. The van der Waals surface area contributed by atoms with Gasteiger partial charge in [-0.25, -0.2) is 9.80 Å². The van der Waals surface area contributed by atoms with Crippen molar-refractivity contribution in [2.24, 2.45) is 0 Å². The number of hydrazine groups is 1. The van der Waals surface area contributed by atoms with Crippen molar-refractivity contribution in [2.45, 2.75) is 20.0 Å². The minimum atomic E-state index is -1.01. The summed E-state index contributed by atoms with van der Waals surface area (Å²) in [6, 6.07) is 12.1. The van der Waals surface area contributed by atoms with Crippen molar-refractivity contribution in [3.63, 3.8) is 0 Å². The molecule has 0 aliphatic carbocycles. The number of esters is 1. The lowest BCUT2D eigenvalue weighted by molar-refractivity contribution is -0.384. The van der Waals surface area contributed by atoms with E-state index in [1.54, 1.807) is 37.3 Å². The van der Waals surface area contributed by atoms with Crippen LogP contribution in [0.1, 0.15) is 19.4 Å². The summed E-state index contributed by atoms with van der Waals surface area (Å²) in [4.78, 5) is 47.7. The molecule has 0 bridgehead atoms. The largest absolute Gasteiger partial charge is 0.478 e. The number of ether oxygens (including phenoxy) is 2. The van der Waals surface area contributed by atoms with Gasteiger partial charge in [0.05, 0.1) is 17.2 Å². The Kier molecular flexibility index (Phi) is 6.29. The van der Waals surface area contributed by atoms with Crippen LogP contribution >= 0.6 is 0 Å². The first kappa shape index (κ1) is 21.5. The second kappa shape index (κ2) is 9.08. The summed E-state index contributed by atoms with van der Waals surface area (Å²) in [7, 11) is 0. The molecule has 0 saturated carbocycles. The van der Waals surface area contributed by atoms with Gasteiger partial charge in [0.15, 0.2) is 6.10 Å². The minimum absolute atomic E-state index is 0.0809. The first-order chi connectivity index (χ1) is 14.8. The van der Waals surface area contributed by atoms with Gasteiger partial charge in [-0.1, -0.05) is 18.2 Å². The van der Waals surface area contributed by atoms with Gasteiger partial charge in [-0.2, -0.15) is 0 Å². The predicted octanol–water partition coefficient (Wildman–Crippen LogP) is 2.39. The molecule has 160 valence electrons. The highest BCUT2D eigenvalue weighted by atomic mass is 16.6. The number of rotatable bonds is 7. The van der Waals surface area contributed by atoms with Crippen molar-refractivity contribution < 1.29 is 28.8 Å². The molecular formula is C21H19N3O7. The van der Waals surface area contributed by atoms with Gasteiger partial charge in [-0.3, -0.25) is 25.1 Å². The molecule has 0 aromatic heterocycles. The molecule has 1 heterocycles. The van der Waals surface area contributed by atoms with Gasteiger partial charge in [-0.05, 0) is 38.1 Å². The normalized spacial score (nSPS) is 15.5. The van der Waals surface area contributed by atoms with Crippen LogP contribution in [0.2, 0.25) is 0 Å². The van der Waals surface area contributed by atoms with E-state index in [2.05, 4.69) is 5.43 Å². The number of nitro benzene ring substituents is 1. The fourth-order valence-electron chi connectivity index (χ4n) is 2.84. The lowest BCUT2D eigenvalue weighted by Gasteiger charge is -2.15. The number of benzene rings is 2. The quantitative estimate of drug-likeness (QED) is 0.237. The molecule has 1 aliphatic rings. The lowest BCUT2D eigenvalue weighted by atomic mass is 10.1. The number of carbonyl (C=O) groups is 3. The summed E-state index contributed by atoms with van der Waals surface area (Å²) < 4.78 is 10.5. The molecule has 10 nitrogen and oxygen atoms in total. The molecule has 1 saturated heterocycles. The molecule has 0 unspecified atom stereocenters. The van der Waals surface area contributed by atoms with Crippen molar-refractivity contribution in [2.75, 3.05) is 11.6 Å². The molecule has 3 rings (SSSR count). The number of hydrogen-bond donors (Lipinski definition) is 1. The van der Waals surface area contributed by atoms with E-state index < -0.39 is 28.8 Å². The van der Waals surface area contributed by atoms with Crippen molar-refractivity contribution in [1.29, 1.82) is 0 Å². The van der Waals surface area contributed by atoms with Gasteiger partial charge in [0.2, 0.25) is 0 Å². The Morgan fingerprint density at radius 3 is 2.58 bits per heavy atom. The van der Waals surface area contributed by atoms with Crippen molar-refractivity contribution in [3.8, 4) is 5.75 Å². The third-order valence-corrected chi connectivity index (χ3v) is 4.33. The SMILES string of the molecule is CCOC(=O)[C@@H](C)Oc1ccc([N+](=O)[O-])cc1/C=C1/C(=O)NN(c2ccccc2)C1=O. The number of non-ortho nitro benzene ring substituents is 1. The molecule has 0 spiro atoms. The molecule has 0 radical (unpaired) electrons. The average Bonchev–Trinajstić information content (AvgIpc) is 3.03. The van der Waals surface area contributed by atoms with Crippen LogP contribution in [0.5, 0.6) is 5.75 Å². The molecule has 1 aliphatic heterocycles. The van der Waals surface area contributed by atoms with Gasteiger partial charge in [0.1, 0.15) is 11.3 Å². The van der Waals surface area contributed by atoms with Crippen LogP contribution < -0.4 is 15.2 Å². The van der Waals surface area contributed by atoms with E-state index in [0.29, 0.717) is 5.69 Å². The van der Waals surface area contributed by atoms with E-state index in [-0.39, 0.29) is 29.2 Å². The standard InChI is InChI=1S/C21H19N3O7/c1-3-30-21(27)13(2)31-18-10-9-16(24(28)29)11-14(18)12-17-19(25)22-23(20(17)26)15-7-5-4-6-8-15/h4-13H,3H2,1-2H3,(H,22,25)/b17-12-/t13-/m1/s1. The number of anilines is 1. The van der Waals surface area contributed by atoms with E-state index in [4.69, 9.17) is 9.47 Å². The summed E-state index contributed by atoms with van der Waals surface area (Å²) in [5.41, 5.74) is 2.49. The maximum atomic E-state index is 12.8. The van der Waals surface area contributed by atoms with Crippen LogP contribution in [0.3, 0.4) is 0 Å². The first-order valence-corrected chi connectivity index (χ1v) is 9.35. The number of nitro groups is 1. The van der Waals surface area contributed by atoms with Crippen molar-refractivity contribution in [1.82, 2.24) is 5.43 Å². The Bertz CT molecular complexity index is 1070. The Labute approximate surface area is 177 Å². The summed E-state index contributed by atoms with van der Waals surface area (Å²) in [6.45, 7) is 3.27. The second-order valence-corrected chi connectivity index (χ2v) is 6.47. The van der Waals surface area contributed by atoms with Crippen molar-refractivity contribution in [3.05, 3.63) is 69.8 Å². The summed E-state index contributed by atoms with van der Waals surface area (Å²) in [6.07, 6.45) is 0.188. The number of nitrogens with one attached hydrogen (secondary N) is 1. The number of nitrogens with zero attached hydrogens (tertiary/aromatic N) is 2. The predicted molar refractivity (Wildman–Crippen MR) is 110 cm³/mol. The topological polar surface area (TPSA) is 128 Å². The molecule has 2 aromatic rings. The Morgan fingerprint density at radius 2 is 1.94 bits per heavy atom. The van der Waals surface area contributed by atoms with Gasteiger partial charge in [0, 0.05) is 17.7 Å². The lowest BCUT2D eigenvalue weighted by Crippen LogP contribution is -2.35. The molecular weight excluding hydrogens is 406 g/mol.